The van der Waals surface area contributed by atoms with Gasteiger partial charge in [0.05, 0.1) is 31.8 Å². The van der Waals surface area contributed by atoms with Crippen LogP contribution in [0.15, 0.2) is 101 Å². The molecule has 10 nitrogen and oxygen atoms in total. The van der Waals surface area contributed by atoms with Crippen molar-refractivity contribution in [2.24, 2.45) is 22.9 Å². The Hall–Kier alpha value is -4.29. The van der Waals surface area contributed by atoms with Crippen molar-refractivity contribution in [3.05, 3.63) is 102 Å². The molecule has 0 radical (unpaired) electrons. The third kappa shape index (κ3) is 8.81. The van der Waals surface area contributed by atoms with E-state index in [1.54, 1.807) is 37.0 Å². The van der Waals surface area contributed by atoms with Gasteiger partial charge in [-0.25, -0.2) is 0 Å². The van der Waals surface area contributed by atoms with Crippen LogP contribution in [0.3, 0.4) is 0 Å². The van der Waals surface area contributed by atoms with E-state index in [0.29, 0.717) is 36.5 Å². The molecule has 0 unspecified atom stereocenters. The second-order valence-corrected chi connectivity index (χ2v) is 15.6. The summed E-state index contributed by atoms with van der Waals surface area (Å²) in [5.41, 5.74) is 3.57. The summed E-state index contributed by atoms with van der Waals surface area (Å²) in [7, 11) is 4.98. The van der Waals surface area contributed by atoms with Crippen LogP contribution in [-0.2, 0) is 20.8 Å². The molecular formula is C45H56N2O8S. The summed E-state index contributed by atoms with van der Waals surface area (Å²) in [5, 5.41) is 24.3. The molecule has 1 saturated carbocycles. The molecule has 0 spiro atoms. The Kier molecular flexibility index (Phi) is 14.2. The number of allylic oxidation sites excluding steroid dienone is 1. The summed E-state index contributed by atoms with van der Waals surface area (Å²) in [5.74, 6) is 1.08. The molecule has 6 atom stereocenters. The number of methoxy groups -OCH3 is 1. The molecule has 6 rings (SSSR count). The van der Waals surface area contributed by atoms with Gasteiger partial charge in [0, 0.05) is 43.1 Å². The monoisotopic (exact) mass is 784 g/mol. The average Bonchev–Trinajstić information content (AvgIpc) is 3.22. The van der Waals surface area contributed by atoms with E-state index >= 15 is 0 Å². The number of benzene rings is 3. The van der Waals surface area contributed by atoms with Crippen molar-refractivity contribution in [1.82, 2.24) is 4.90 Å². The van der Waals surface area contributed by atoms with Gasteiger partial charge in [-0.15, -0.1) is 18.3 Å². The second kappa shape index (κ2) is 19.2. The summed E-state index contributed by atoms with van der Waals surface area (Å²) in [6.45, 7) is 4.44. The lowest BCUT2D eigenvalue weighted by atomic mass is 9.55. The number of rotatable bonds is 19. The topological polar surface area (TPSA) is 119 Å². The van der Waals surface area contributed by atoms with Crippen molar-refractivity contribution in [2.75, 3.05) is 47.3 Å². The predicted molar refractivity (Wildman–Crippen MR) is 220 cm³/mol. The lowest BCUT2D eigenvalue weighted by molar-refractivity contribution is -0.255. The first-order chi connectivity index (χ1) is 27.3. The van der Waals surface area contributed by atoms with E-state index in [0.717, 1.165) is 58.7 Å². The molecule has 0 bridgehead atoms. The van der Waals surface area contributed by atoms with Crippen molar-refractivity contribution in [3.8, 4) is 23.0 Å². The van der Waals surface area contributed by atoms with Gasteiger partial charge in [-0.3, -0.25) is 4.79 Å². The van der Waals surface area contributed by atoms with Gasteiger partial charge < -0.3 is 38.9 Å². The van der Waals surface area contributed by atoms with E-state index < -0.39 is 11.8 Å². The molecule has 3 aliphatic rings. The number of oxime groups is 1. The number of nitrogens with zero attached hydrogens (tertiary/aromatic N) is 2. The number of hydrogen-bond donors (Lipinski definition) is 2. The molecule has 2 N–H and O–H groups in total. The maximum absolute atomic E-state index is 14.4. The number of amides is 1. The van der Waals surface area contributed by atoms with E-state index in [2.05, 4.69) is 23.9 Å². The molecule has 1 fully saturated rings. The maximum atomic E-state index is 14.4. The first-order valence-electron chi connectivity index (χ1n) is 19.6. The van der Waals surface area contributed by atoms with E-state index in [1.807, 2.05) is 74.0 Å². The Labute approximate surface area is 335 Å². The van der Waals surface area contributed by atoms with E-state index in [4.69, 9.17) is 23.8 Å². The van der Waals surface area contributed by atoms with Crippen LogP contribution in [0, 0.1) is 17.8 Å². The van der Waals surface area contributed by atoms with E-state index in [1.165, 1.54) is 0 Å². The average molecular weight is 785 g/mol. The molecule has 300 valence electrons. The largest absolute Gasteiger partial charge is 0.497 e. The highest BCUT2D eigenvalue weighted by Gasteiger charge is 2.65. The molecule has 11 heteroatoms. The minimum Gasteiger partial charge on any atom is -0.497 e. The molecule has 0 saturated heterocycles. The number of carbonyl (C=O) groups is 1. The predicted octanol–water partition coefficient (Wildman–Crippen LogP) is 8.17. The van der Waals surface area contributed by atoms with Gasteiger partial charge in [0.15, 0.2) is 0 Å². The molecule has 56 heavy (non-hydrogen) atoms. The Bertz CT molecular complexity index is 1860. The van der Waals surface area contributed by atoms with Crippen LogP contribution in [0.1, 0.15) is 62.0 Å². The highest BCUT2D eigenvalue weighted by atomic mass is 32.2. The van der Waals surface area contributed by atoms with Crippen LogP contribution in [0.4, 0.5) is 0 Å². The van der Waals surface area contributed by atoms with E-state index in [9.17, 15) is 15.0 Å². The molecule has 3 aromatic carbocycles. The van der Waals surface area contributed by atoms with Crippen LogP contribution in [-0.4, -0.2) is 85.9 Å². The minimum absolute atomic E-state index is 0.103. The zero-order valence-electron chi connectivity index (χ0n) is 33.0. The first-order valence-corrected chi connectivity index (χ1v) is 20.8. The number of aliphatic hydroxyl groups is 2. The zero-order valence-corrected chi connectivity index (χ0v) is 33.8. The Morgan fingerprint density at radius 3 is 2.45 bits per heavy atom. The number of likely N-dealkylation sites (N-methyl/N-ethyl adjacent to an activating group) is 1. The fourth-order valence-corrected chi connectivity index (χ4v) is 9.35. The summed E-state index contributed by atoms with van der Waals surface area (Å²) in [6, 6.07) is 21.0. The van der Waals surface area contributed by atoms with Crippen molar-refractivity contribution in [2.45, 2.75) is 74.0 Å². The first kappa shape index (κ1) is 41.3. The molecule has 2 aliphatic carbocycles. The van der Waals surface area contributed by atoms with Crippen molar-refractivity contribution < 1.29 is 38.8 Å². The molecular weight excluding hydrogens is 729 g/mol. The van der Waals surface area contributed by atoms with Gasteiger partial charge in [0.2, 0.25) is 11.7 Å². The number of fused-ring (bicyclic) bond motifs is 2. The zero-order chi connectivity index (χ0) is 39.7. The van der Waals surface area contributed by atoms with Crippen LogP contribution in [0.5, 0.6) is 23.0 Å². The van der Waals surface area contributed by atoms with Crippen molar-refractivity contribution in [1.29, 1.82) is 0 Å². The number of unbranched alkanes of at least 4 members (excludes halogenated alkanes) is 2. The molecule has 0 aromatic heterocycles. The number of thioether (sulfide) groups is 1. The number of aliphatic hydroxyl groups excluding tert-OH is 2. The number of carbonyl (C=O) groups excluding carboxylic acids is 1. The van der Waals surface area contributed by atoms with E-state index in [-0.39, 0.29) is 55.8 Å². The Morgan fingerprint density at radius 2 is 1.75 bits per heavy atom. The van der Waals surface area contributed by atoms with Crippen LogP contribution >= 0.6 is 11.8 Å². The maximum Gasteiger partial charge on any atom is 0.239 e. The lowest BCUT2D eigenvalue weighted by Gasteiger charge is -2.59. The molecule has 1 amide bonds. The van der Waals surface area contributed by atoms with Gasteiger partial charge in [0.1, 0.15) is 36.1 Å². The van der Waals surface area contributed by atoms with Gasteiger partial charge >= 0.3 is 0 Å². The smallest absolute Gasteiger partial charge is 0.239 e. The summed E-state index contributed by atoms with van der Waals surface area (Å²) in [4.78, 5) is 22.8. The minimum atomic E-state index is -1.31. The number of ether oxygens (including phenoxy) is 4. The lowest BCUT2D eigenvalue weighted by Crippen LogP contribution is -2.69. The summed E-state index contributed by atoms with van der Waals surface area (Å²) >= 11 is 1.68. The Morgan fingerprint density at radius 1 is 1.00 bits per heavy atom. The van der Waals surface area contributed by atoms with Gasteiger partial charge in [-0.05, 0) is 110 Å². The summed E-state index contributed by atoms with van der Waals surface area (Å²) in [6.07, 6.45) is 11.4. The second-order valence-electron chi connectivity index (χ2n) is 14.8. The molecule has 3 aromatic rings. The van der Waals surface area contributed by atoms with Crippen LogP contribution in [0.2, 0.25) is 0 Å². The SMILES string of the molecule is C=CCO[C@@]12Oc3ccc(Oc4ccc(SC)cc4)cc3[C@H]3[C@H](CCCCO)[C@@H](CCCCO)C=C(C(=NOC)C[C@@H]1N(C)C(=O)Cc1cccc(OC)c1)[C@H]32. The fraction of sp³-hybridized carbons (Fsp3) is 0.467. The molecule has 1 heterocycles. The van der Waals surface area contributed by atoms with Crippen LogP contribution in [0.25, 0.3) is 0 Å². The van der Waals surface area contributed by atoms with Crippen molar-refractivity contribution in [3.63, 3.8) is 0 Å². The Balaban J connectivity index is 1.51. The fourth-order valence-electron chi connectivity index (χ4n) is 8.94. The highest BCUT2D eigenvalue weighted by molar-refractivity contribution is 7.98. The quantitative estimate of drug-likeness (QED) is 0.0537. The van der Waals surface area contributed by atoms with Gasteiger partial charge in [-0.1, -0.05) is 42.3 Å². The standard InChI is InChI=1S/C45H56N2O8S/c1-6-24-53-45-41(47(2)42(50)26-30-12-11-14-33(25-30)51-3)29-39(46-52-4)37-27-31(13-7-9-22-48)36(15-8-10-23-49)43(44(37)45)38-28-34(18-21-40(38)55-45)54-32-16-19-35(56-5)20-17-32/h6,11-12,14,16-21,25,27-28,31,36,41,43-44,48-49H,1,7-10,13,15,22-24,26,29H2,2-5H3/t31-,36+,41-,43+,44+,45+/m0/s1. The highest BCUT2D eigenvalue weighted by Crippen LogP contribution is 2.62. The molecule has 1 aliphatic heterocycles. The number of hydrogen-bond acceptors (Lipinski definition) is 10. The third-order valence-corrected chi connectivity index (χ3v) is 12.2. The van der Waals surface area contributed by atoms with Crippen LogP contribution < -0.4 is 14.2 Å². The van der Waals surface area contributed by atoms with Gasteiger partial charge in [0.25, 0.3) is 0 Å². The third-order valence-electron chi connectivity index (χ3n) is 11.5. The van der Waals surface area contributed by atoms with Crippen molar-refractivity contribution >= 4 is 23.4 Å². The normalized spacial score (nSPS) is 24.3. The van der Waals surface area contributed by atoms with Gasteiger partial charge in [-0.2, -0.15) is 0 Å². The summed E-state index contributed by atoms with van der Waals surface area (Å²) < 4.78 is 26.2.